The minimum atomic E-state index is -0.0538. The van der Waals surface area contributed by atoms with Crippen LogP contribution in [0.4, 0.5) is 0 Å². The topological polar surface area (TPSA) is 74.6 Å². The second-order valence-electron chi connectivity index (χ2n) is 6.75. The van der Waals surface area contributed by atoms with Crippen LogP contribution in [-0.2, 0) is 0 Å². The first-order valence-corrected chi connectivity index (χ1v) is 8.03. The summed E-state index contributed by atoms with van der Waals surface area (Å²) in [6, 6.07) is 6.17. The summed E-state index contributed by atoms with van der Waals surface area (Å²) in [5.41, 5.74) is 2.17. The van der Waals surface area contributed by atoms with Crippen molar-refractivity contribution in [3.63, 3.8) is 0 Å². The second-order valence-corrected chi connectivity index (χ2v) is 7.48. The lowest BCUT2D eigenvalue weighted by Gasteiger charge is -2.41. The maximum absolute atomic E-state index is 9.62. The van der Waals surface area contributed by atoms with Crippen LogP contribution in [0.2, 0.25) is 0 Å². The number of thiol groups is 1. The van der Waals surface area contributed by atoms with Crippen molar-refractivity contribution in [2.45, 2.75) is 44.8 Å². The van der Waals surface area contributed by atoms with E-state index in [4.69, 9.17) is 0 Å². The first-order chi connectivity index (χ1) is 10.4. The van der Waals surface area contributed by atoms with Gasteiger partial charge in [0.15, 0.2) is 0 Å². The highest BCUT2D eigenvalue weighted by Gasteiger charge is 2.35. The van der Waals surface area contributed by atoms with Crippen molar-refractivity contribution in [1.82, 2.24) is 4.90 Å². The molecule has 0 aromatic carbocycles. The highest BCUT2D eigenvalue weighted by Crippen LogP contribution is 2.44. The van der Waals surface area contributed by atoms with Crippen molar-refractivity contribution < 1.29 is 0 Å². The standard InChI is InChI=1S/C17H20N4S/c1-17(2)7-14(12(9-18)10-19)15(11-20)16(8-17)21-5-3-13(22)4-6-21/h13,22H,3-8H2,1-2H3. The molecule has 0 atom stereocenters. The van der Waals surface area contributed by atoms with Crippen LogP contribution in [-0.4, -0.2) is 23.2 Å². The Morgan fingerprint density at radius 3 is 2.23 bits per heavy atom. The third-order valence-corrected chi connectivity index (χ3v) is 4.89. The Balaban J connectivity index is 2.52. The van der Waals surface area contributed by atoms with Crippen LogP contribution in [0.15, 0.2) is 22.4 Å². The van der Waals surface area contributed by atoms with Gasteiger partial charge in [-0.25, -0.2) is 0 Å². The van der Waals surface area contributed by atoms with Gasteiger partial charge in [0.1, 0.15) is 23.8 Å². The lowest BCUT2D eigenvalue weighted by Crippen LogP contribution is -2.37. The van der Waals surface area contributed by atoms with E-state index in [9.17, 15) is 15.8 Å². The molecule has 1 aliphatic carbocycles. The molecule has 5 heteroatoms. The Morgan fingerprint density at radius 2 is 1.73 bits per heavy atom. The van der Waals surface area contributed by atoms with Crippen LogP contribution in [0, 0.1) is 39.4 Å². The third kappa shape index (κ3) is 3.29. The summed E-state index contributed by atoms with van der Waals surface area (Å²) in [6.45, 7) is 6.01. The van der Waals surface area contributed by atoms with Gasteiger partial charge in [0, 0.05) is 29.6 Å². The lowest BCUT2D eigenvalue weighted by atomic mass is 9.72. The van der Waals surface area contributed by atoms with Gasteiger partial charge in [-0.1, -0.05) is 13.8 Å². The van der Waals surface area contributed by atoms with Gasteiger partial charge < -0.3 is 4.90 Å². The number of hydrogen-bond donors (Lipinski definition) is 1. The fourth-order valence-corrected chi connectivity index (χ4v) is 3.49. The molecule has 0 saturated carbocycles. The van der Waals surface area contributed by atoms with Crippen molar-refractivity contribution in [3.05, 3.63) is 22.4 Å². The highest BCUT2D eigenvalue weighted by molar-refractivity contribution is 7.80. The first-order valence-electron chi connectivity index (χ1n) is 7.52. The molecular weight excluding hydrogens is 292 g/mol. The normalized spacial score (nSPS) is 21.8. The zero-order valence-corrected chi connectivity index (χ0v) is 14.0. The molecule has 1 fully saturated rings. The molecule has 0 aromatic rings. The molecular formula is C17H20N4S. The summed E-state index contributed by atoms with van der Waals surface area (Å²) >= 11 is 4.52. The fraction of sp³-hybridized carbons (Fsp3) is 0.588. The number of nitriles is 3. The van der Waals surface area contributed by atoms with Gasteiger partial charge in [-0.3, -0.25) is 0 Å². The van der Waals surface area contributed by atoms with Gasteiger partial charge >= 0.3 is 0 Å². The summed E-state index contributed by atoms with van der Waals surface area (Å²) in [4.78, 5) is 2.25. The lowest BCUT2D eigenvalue weighted by molar-refractivity contribution is 0.235. The average molecular weight is 312 g/mol. The van der Waals surface area contributed by atoms with Crippen LogP contribution in [0.25, 0.3) is 0 Å². The van der Waals surface area contributed by atoms with Crippen molar-refractivity contribution in [1.29, 1.82) is 15.8 Å². The quantitative estimate of drug-likeness (QED) is 0.595. The molecule has 4 nitrogen and oxygen atoms in total. The smallest absolute Gasteiger partial charge is 0.134 e. The molecule has 0 spiro atoms. The zero-order valence-electron chi connectivity index (χ0n) is 13.1. The van der Waals surface area contributed by atoms with E-state index in [0.29, 0.717) is 22.8 Å². The van der Waals surface area contributed by atoms with E-state index in [0.717, 1.165) is 38.0 Å². The molecule has 1 saturated heterocycles. The van der Waals surface area contributed by atoms with Crippen LogP contribution >= 0.6 is 12.6 Å². The van der Waals surface area contributed by atoms with Crippen molar-refractivity contribution in [3.8, 4) is 18.2 Å². The molecule has 2 rings (SSSR count). The molecule has 2 aliphatic rings. The Bertz CT molecular complexity index is 628. The number of piperidine rings is 1. The number of nitrogens with zero attached hydrogens (tertiary/aromatic N) is 4. The Kier molecular flexibility index (Phi) is 4.84. The summed E-state index contributed by atoms with van der Waals surface area (Å²) in [7, 11) is 0. The number of rotatable bonds is 1. The Morgan fingerprint density at radius 1 is 1.14 bits per heavy atom. The number of hydrogen-bond acceptors (Lipinski definition) is 5. The minimum Gasteiger partial charge on any atom is -0.374 e. The van der Waals surface area contributed by atoms with Crippen molar-refractivity contribution >= 4 is 12.6 Å². The van der Waals surface area contributed by atoms with E-state index in [-0.39, 0.29) is 11.0 Å². The summed E-state index contributed by atoms with van der Waals surface area (Å²) in [6.07, 6.45) is 3.39. The molecule has 0 aromatic heterocycles. The maximum Gasteiger partial charge on any atom is 0.134 e. The van der Waals surface area contributed by atoms with Gasteiger partial charge in [0.2, 0.25) is 0 Å². The minimum absolute atomic E-state index is 0.0538. The third-order valence-electron chi connectivity index (χ3n) is 4.38. The van der Waals surface area contributed by atoms with E-state index in [2.05, 4.69) is 37.4 Å². The summed E-state index contributed by atoms with van der Waals surface area (Å²) < 4.78 is 0. The van der Waals surface area contributed by atoms with Gasteiger partial charge in [-0.15, -0.1) is 0 Å². The maximum atomic E-state index is 9.62. The molecule has 0 amide bonds. The highest BCUT2D eigenvalue weighted by atomic mass is 32.1. The monoisotopic (exact) mass is 312 g/mol. The molecule has 1 heterocycles. The number of likely N-dealkylation sites (tertiary alicyclic amines) is 1. The van der Waals surface area contributed by atoms with Gasteiger partial charge in [-0.05, 0) is 31.1 Å². The second kappa shape index (κ2) is 6.47. The van der Waals surface area contributed by atoms with E-state index < -0.39 is 0 Å². The van der Waals surface area contributed by atoms with E-state index in [1.54, 1.807) is 0 Å². The largest absolute Gasteiger partial charge is 0.374 e. The predicted octanol–water partition coefficient (Wildman–Crippen LogP) is 3.32. The Hall–Kier alpha value is -1.90. The van der Waals surface area contributed by atoms with Gasteiger partial charge in [0.05, 0.1) is 5.57 Å². The van der Waals surface area contributed by atoms with Crippen molar-refractivity contribution in [2.75, 3.05) is 13.1 Å². The zero-order chi connectivity index (χ0) is 16.3. The van der Waals surface area contributed by atoms with Crippen LogP contribution in [0.3, 0.4) is 0 Å². The summed E-state index contributed by atoms with van der Waals surface area (Å²) in [5, 5.41) is 28.5. The SMILES string of the molecule is CC1(C)CC(=C(C#N)C#N)C(C#N)=C(N2CCC(S)CC2)C1. The fourth-order valence-electron chi connectivity index (χ4n) is 3.26. The average Bonchev–Trinajstić information content (AvgIpc) is 2.48. The molecule has 0 bridgehead atoms. The molecule has 0 unspecified atom stereocenters. The summed E-state index contributed by atoms with van der Waals surface area (Å²) in [5.74, 6) is 0. The van der Waals surface area contributed by atoms with Crippen LogP contribution in [0.1, 0.15) is 39.5 Å². The molecule has 0 N–H and O–H groups in total. The molecule has 114 valence electrons. The molecule has 22 heavy (non-hydrogen) atoms. The predicted molar refractivity (Wildman–Crippen MR) is 87.5 cm³/mol. The van der Waals surface area contributed by atoms with Crippen LogP contribution < -0.4 is 0 Å². The Labute approximate surface area is 137 Å². The molecule has 1 aliphatic heterocycles. The number of allylic oxidation sites excluding steroid dienone is 4. The van der Waals surface area contributed by atoms with E-state index in [1.807, 2.05) is 12.1 Å². The van der Waals surface area contributed by atoms with Crippen molar-refractivity contribution in [2.24, 2.45) is 5.41 Å². The van der Waals surface area contributed by atoms with Gasteiger partial charge in [0.25, 0.3) is 0 Å². The van der Waals surface area contributed by atoms with Crippen LogP contribution in [0.5, 0.6) is 0 Å². The van der Waals surface area contributed by atoms with E-state index >= 15 is 0 Å². The molecule has 0 radical (unpaired) electrons. The van der Waals surface area contributed by atoms with E-state index in [1.165, 1.54) is 0 Å². The van der Waals surface area contributed by atoms with Gasteiger partial charge in [-0.2, -0.15) is 28.4 Å². The first kappa shape index (κ1) is 16.5.